The molecule has 20 heavy (non-hydrogen) atoms. The van der Waals surface area contributed by atoms with E-state index in [2.05, 4.69) is 11.4 Å². The first kappa shape index (κ1) is 15.2. The summed E-state index contributed by atoms with van der Waals surface area (Å²) in [6, 6.07) is -0.833. The zero-order chi connectivity index (χ0) is 14.5. The largest absolute Gasteiger partial charge is 0.481 e. The molecule has 0 aromatic rings. The maximum absolute atomic E-state index is 10.7. The Morgan fingerprint density at radius 3 is 2.30 bits per heavy atom. The molecule has 0 amide bonds. The van der Waals surface area contributed by atoms with Crippen molar-refractivity contribution < 1.29 is 14.7 Å². The number of rotatable bonds is 10. The summed E-state index contributed by atoms with van der Waals surface area (Å²) in [5.41, 5.74) is 5.98. The Kier molecular flexibility index (Phi) is 5.31. The molecule has 0 radical (unpaired) electrons. The number of carboxylic acids is 1. The van der Waals surface area contributed by atoms with E-state index < -0.39 is 12.0 Å². The smallest absolute Gasteiger partial charge is 0.305 e. The Balaban J connectivity index is 1.71. The predicted molar refractivity (Wildman–Crippen MR) is 76.2 cm³/mol. The fourth-order valence-corrected chi connectivity index (χ4v) is 2.64. The molecular formula is C15H24N2O3. The summed E-state index contributed by atoms with van der Waals surface area (Å²) in [7, 11) is 0. The molecule has 5 heteroatoms. The van der Waals surface area contributed by atoms with Crippen molar-refractivity contribution in [3.05, 3.63) is 12.2 Å². The second kappa shape index (κ2) is 6.99. The van der Waals surface area contributed by atoms with E-state index in [1.165, 1.54) is 25.7 Å². The van der Waals surface area contributed by atoms with Crippen LogP contribution in [0.5, 0.6) is 0 Å². The zero-order valence-corrected chi connectivity index (χ0v) is 11.7. The maximum atomic E-state index is 10.7. The first-order valence-electron chi connectivity index (χ1n) is 7.44. The molecule has 0 saturated heterocycles. The third kappa shape index (κ3) is 5.06. The van der Waals surface area contributed by atoms with Gasteiger partial charge in [0, 0.05) is 12.6 Å². The van der Waals surface area contributed by atoms with Gasteiger partial charge in [0.2, 0.25) is 0 Å². The molecule has 5 nitrogen and oxygen atoms in total. The van der Waals surface area contributed by atoms with Crippen LogP contribution in [0, 0.1) is 17.8 Å². The number of allylic oxidation sites excluding steroid dienone is 1. The van der Waals surface area contributed by atoms with Crippen LogP contribution in [0.2, 0.25) is 0 Å². The number of aldehydes is 1. The fourth-order valence-electron chi connectivity index (χ4n) is 2.64. The van der Waals surface area contributed by atoms with Gasteiger partial charge in [0.15, 0.2) is 0 Å². The lowest BCUT2D eigenvalue weighted by molar-refractivity contribution is -0.138. The molecule has 0 aromatic carbocycles. The third-order valence-electron chi connectivity index (χ3n) is 4.09. The van der Waals surface area contributed by atoms with Gasteiger partial charge in [-0.25, -0.2) is 0 Å². The minimum atomic E-state index is -0.985. The molecule has 112 valence electrons. The van der Waals surface area contributed by atoms with Crippen molar-refractivity contribution in [3.8, 4) is 0 Å². The molecule has 2 aliphatic rings. The SMILES string of the molecule is NC(C=CC(C1CC1)C1CC1)CN[C@@H](C=O)CC(=O)O. The number of carbonyl (C=O) groups excluding carboxylic acids is 1. The van der Waals surface area contributed by atoms with Gasteiger partial charge in [-0.15, -0.1) is 0 Å². The van der Waals surface area contributed by atoms with Crippen LogP contribution in [0.25, 0.3) is 0 Å². The summed E-state index contributed by atoms with van der Waals surface area (Å²) >= 11 is 0. The van der Waals surface area contributed by atoms with E-state index in [-0.39, 0.29) is 12.5 Å². The molecule has 0 heterocycles. The van der Waals surface area contributed by atoms with E-state index in [0.717, 1.165) is 11.8 Å². The minimum Gasteiger partial charge on any atom is -0.481 e. The van der Waals surface area contributed by atoms with E-state index in [1.807, 2.05) is 6.08 Å². The van der Waals surface area contributed by atoms with Gasteiger partial charge in [-0.3, -0.25) is 4.79 Å². The predicted octanol–water partition coefficient (Wildman–Crippen LogP) is 0.938. The number of hydrogen-bond donors (Lipinski definition) is 3. The summed E-state index contributed by atoms with van der Waals surface area (Å²) in [6.07, 6.45) is 10.0. The van der Waals surface area contributed by atoms with Crippen LogP contribution < -0.4 is 11.1 Å². The Bertz CT molecular complexity index is 363. The van der Waals surface area contributed by atoms with Crippen LogP contribution in [-0.4, -0.2) is 36.0 Å². The maximum Gasteiger partial charge on any atom is 0.305 e. The Hall–Kier alpha value is -1.20. The van der Waals surface area contributed by atoms with Crippen molar-refractivity contribution in [2.75, 3.05) is 6.54 Å². The van der Waals surface area contributed by atoms with Gasteiger partial charge < -0.3 is 21.0 Å². The van der Waals surface area contributed by atoms with Crippen LogP contribution in [0.3, 0.4) is 0 Å². The van der Waals surface area contributed by atoms with Gasteiger partial charge in [-0.05, 0) is 43.4 Å². The molecule has 0 bridgehead atoms. The highest BCUT2D eigenvalue weighted by molar-refractivity contribution is 5.73. The molecule has 0 aromatic heterocycles. The van der Waals surface area contributed by atoms with Gasteiger partial charge in [-0.2, -0.15) is 0 Å². The van der Waals surface area contributed by atoms with Crippen molar-refractivity contribution >= 4 is 12.3 Å². The highest BCUT2D eigenvalue weighted by atomic mass is 16.4. The van der Waals surface area contributed by atoms with Gasteiger partial charge >= 0.3 is 5.97 Å². The van der Waals surface area contributed by atoms with Crippen LogP contribution in [-0.2, 0) is 9.59 Å². The second-order valence-electron chi connectivity index (χ2n) is 6.05. The molecule has 4 N–H and O–H groups in total. The number of aliphatic carboxylic acids is 1. The van der Waals surface area contributed by atoms with Crippen LogP contribution in [0.4, 0.5) is 0 Å². The molecule has 2 fully saturated rings. The molecule has 2 atom stereocenters. The minimum absolute atomic E-state index is 0.175. The van der Waals surface area contributed by atoms with E-state index in [1.54, 1.807) is 0 Å². The lowest BCUT2D eigenvalue weighted by Crippen LogP contribution is -2.40. The van der Waals surface area contributed by atoms with Gasteiger partial charge in [-0.1, -0.05) is 12.2 Å². The molecule has 0 spiro atoms. The Labute approximate surface area is 119 Å². The summed E-state index contributed by atoms with van der Waals surface area (Å²) in [6.45, 7) is 0.426. The molecule has 0 aliphatic heterocycles. The standard InChI is InChI=1S/C15H24N2O3/c16-12(8-17-13(9-18)7-15(19)20)5-6-14(10-1-2-10)11-3-4-11/h5-6,9-14,17H,1-4,7-8,16H2,(H,19,20)/t12?,13-/m1/s1. The molecule has 2 aliphatic carbocycles. The first-order valence-corrected chi connectivity index (χ1v) is 7.44. The highest BCUT2D eigenvalue weighted by Crippen LogP contribution is 2.49. The normalized spacial score (nSPS) is 22.1. The van der Waals surface area contributed by atoms with Gasteiger partial charge in [0.1, 0.15) is 6.29 Å². The average Bonchev–Trinajstić information content (AvgIpc) is 3.26. The van der Waals surface area contributed by atoms with Gasteiger partial charge in [0.25, 0.3) is 0 Å². The van der Waals surface area contributed by atoms with E-state index in [9.17, 15) is 9.59 Å². The van der Waals surface area contributed by atoms with Crippen molar-refractivity contribution in [1.29, 1.82) is 0 Å². The van der Waals surface area contributed by atoms with Crippen LogP contribution in [0.1, 0.15) is 32.1 Å². The van der Waals surface area contributed by atoms with Crippen LogP contribution >= 0.6 is 0 Å². The number of hydrogen-bond acceptors (Lipinski definition) is 4. The van der Waals surface area contributed by atoms with E-state index in [0.29, 0.717) is 18.7 Å². The average molecular weight is 280 g/mol. The monoisotopic (exact) mass is 280 g/mol. The fraction of sp³-hybridized carbons (Fsp3) is 0.733. The van der Waals surface area contributed by atoms with Crippen molar-refractivity contribution in [2.45, 2.75) is 44.2 Å². The summed E-state index contributed by atoms with van der Waals surface area (Å²) in [5.74, 6) is 1.41. The second-order valence-corrected chi connectivity index (χ2v) is 6.05. The van der Waals surface area contributed by atoms with Crippen molar-refractivity contribution in [3.63, 3.8) is 0 Å². The zero-order valence-electron chi connectivity index (χ0n) is 11.7. The van der Waals surface area contributed by atoms with E-state index in [4.69, 9.17) is 10.8 Å². The number of nitrogens with one attached hydrogen (secondary N) is 1. The number of carboxylic acid groups (broad SMARTS) is 1. The number of nitrogens with two attached hydrogens (primary N) is 1. The van der Waals surface area contributed by atoms with Crippen LogP contribution in [0.15, 0.2) is 12.2 Å². The number of carbonyl (C=O) groups is 2. The topological polar surface area (TPSA) is 92.4 Å². The highest BCUT2D eigenvalue weighted by Gasteiger charge is 2.39. The summed E-state index contributed by atoms with van der Waals surface area (Å²) < 4.78 is 0. The quantitative estimate of drug-likeness (QED) is 0.409. The molecular weight excluding hydrogens is 256 g/mol. The molecule has 1 unspecified atom stereocenters. The summed E-state index contributed by atoms with van der Waals surface area (Å²) in [4.78, 5) is 21.3. The Morgan fingerprint density at radius 2 is 1.85 bits per heavy atom. The van der Waals surface area contributed by atoms with E-state index >= 15 is 0 Å². The summed E-state index contributed by atoms with van der Waals surface area (Å²) in [5, 5.41) is 11.5. The van der Waals surface area contributed by atoms with Crippen molar-refractivity contribution in [1.82, 2.24) is 5.32 Å². The van der Waals surface area contributed by atoms with Crippen molar-refractivity contribution in [2.24, 2.45) is 23.5 Å². The van der Waals surface area contributed by atoms with Gasteiger partial charge in [0.05, 0.1) is 12.5 Å². The molecule has 2 saturated carbocycles. The molecule has 2 rings (SSSR count). The first-order chi connectivity index (χ1) is 9.60. The Morgan fingerprint density at radius 1 is 1.25 bits per heavy atom. The third-order valence-corrected chi connectivity index (χ3v) is 4.09. The lowest BCUT2D eigenvalue weighted by Gasteiger charge is -2.15. The lowest BCUT2D eigenvalue weighted by atomic mass is 9.96.